The van der Waals surface area contributed by atoms with Gasteiger partial charge in [-0.25, -0.2) is 0 Å². The third-order valence-electron chi connectivity index (χ3n) is 3.13. The first-order valence-corrected chi connectivity index (χ1v) is 5.99. The van der Waals surface area contributed by atoms with Gasteiger partial charge in [0.15, 0.2) is 0 Å². The van der Waals surface area contributed by atoms with Gasteiger partial charge in [0, 0.05) is 12.1 Å². The number of fused-ring (bicyclic) bond motifs is 1. The first-order valence-electron chi connectivity index (χ1n) is 5.99. The Morgan fingerprint density at radius 1 is 1.20 bits per heavy atom. The maximum absolute atomic E-state index is 12.5. The first kappa shape index (κ1) is 12.7. The van der Waals surface area contributed by atoms with Crippen molar-refractivity contribution < 1.29 is 18.0 Å². The highest BCUT2D eigenvalue weighted by Crippen LogP contribution is 2.30. The lowest BCUT2D eigenvalue weighted by molar-refractivity contribution is -0.137. The largest absolute Gasteiger partial charge is 0.416 e. The summed E-state index contributed by atoms with van der Waals surface area (Å²) in [4.78, 5) is 11.6. The van der Waals surface area contributed by atoms with Crippen LogP contribution in [-0.2, 0) is 12.7 Å². The van der Waals surface area contributed by atoms with Crippen molar-refractivity contribution in [2.75, 3.05) is 6.54 Å². The van der Waals surface area contributed by atoms with E-state index in [9.17, 15) is 18.0 Å². The van der Waals surface area contributed by atoms with Gasteiger partial charge in [-0.15, -0.1) is 0 Å². The molecule has 2 heterocycles. The molecule has 1 aliphatic heterocycles. The van der Waals surface area contributed by atoms with Crippen LogP contribution in [0.3, 0.4) is 0 Å². The van der Waals surface area contributed by atoms with E-state index in [0.717, 1.165) is 12.1 Å². The normalized spacial score (nSPS) is 14.8. The molecular weight excluding hydrogens is 271 g/mol. The summed E-state index contributed by atoms with van der Waals surface area (Å²) in [6.07, 6.45) is -4.36. The lowest BCUT2D eigenvalue weighted by Crippen LogP contribution is -2.35. The number of aromatic nitrogens is 2. The Balaban J connectivity index is 1.96. The molecule has 0 unspecified atom stereocenters. The van der Waals surface area contributed by atoms with Crippen LogP contribution in [0, 0.1) is 0 Å². The maximum atomic E-state index is 12.5. The molecule has 1 N–H and O–H groups in total. The highest BCUT2D eigenvalue weighted by Gasteiger charge is 2.30. The molecule has 1 amide bonds. The van der Waals surface area contributed by atoms with Gasteiger partial charge in [-0.05, 0) is 18.2 Å². The molecule has 7 heteroatoms. The number of nitrogens with one attached hydrogen (secondary N) is 1. The summed E-state index contributed by atoms with van der Waals surface area (Å²) in [6.45, 7) is 1.06. The third-order valence-corrected chi connectivity index (χ3v) is 3.13. The van der Waals surface area contributed by atoms with E-state index in [1.54, 1.807) is 10.7 Å². The summed E-state index contributed by atoms with van der Waals surface area (Å²) in [6, 6.07) is 6.31. The second-order valence-electron chi connectivity index (χ2n) is 4.47. The minimum absolute atomic E-state index is 0.220. The Bertz CT molecular complexity index is 658. The Kier molecular flexibility index (Phi) is 2.77. The van der Waals surface area contributed by atoms with E-state index < -0.39 is 11.7 Å². The Hall–Kier alpha value is -2.31. The number of carbonyl (C=O) groups is 1. The van der Waals surface area contributed by atoms with Crippen LogP contribution < -0.4 is 5.32 Å². The van der Waals surface area contributed by atoms with Gasteiger partial charge in [-0.3, -0.25) is 9.48 Å². The van der Waals surface area contributed by atoms with Gasteiger partial charge >= 0.3 is 6.18 Å². The van der Waals surface area contributed by atoms with Gasteiger partial charge in [-0.2, -0.15) is 18.3 Å². The summed E-state index contributed by atoms with van der Waals surface area (Å²) in [5, 5.41) is 6.92. The molecule has 0 atom stereocenters. The smallest absolute Gasteiger partial charge is 0.349 e. The van der Waals surface area contributed by atoms with Crippen molar-refractivity contribution in [3.8, 4) is 11.3 Å². The predicted octanol–water partition coefficient (Wildman–Crippen LogP) is 2.31. The standard InChI is InChI=1S/C13H10F3N3O/c14-13(15,16)9-3-1-8(2-4-9)10-7-11-12(20)17-5-6-19(11)18-10/h1-4,7H,5-6H2,(H,17,20). The van der Waals surface area contributed by atoms with E-state index in [2.05, 4.69) is 10.4 Å². The Morgan fingerprint density at radius 3 is 2.50 bits per heavy atom. The molecule has 0 radical (unpaired) electrons. The maximum Gasteiger partial charge on any atom is 0.416 e. The molecule has 0 spiro atoms. The molecule has 20 heavy (non-hydrogen) atoms. The highest BCUT2D eigenvalue weighted by atomic mass is 19.4. The van der Waals surface area contributed by atoms with Gasteiger partial charge in [0.1, 0.15) is 5.69 Å². The summed E-state index contributed by atoms with van der Waals surface area (Å²) in [7, 11) is 0. The fraction of sp³-hybridized carbons (Fsp3) is 0.231. The molecule has 104 valence electrons. The van der Waals surface area contributed by atoms with E-state index >= 15 is 0 Å². The van der Waals surface area contributed by atoms with E-state index in [1.807, 2.05) is 0 Å². The average molecular weight is 281 g/mol. The van der Waals surface area contributed by atoms with Crippen LogP contribution in [0.25, 0.3) is 11.3 Å². The quantitative estimate of drug-likeness (QED) is 0.872. The average Bonchev–Trinajstić information content (AvgIpc) is 2.83. The van der Waals surface area contributed by atoms with Gasteiger partial charge in [0.05, 0.1) is 17.8 Å². The molecule has 4 nitrogen and oxygen atoms in total. The summed E-state index contributed by atoms with van der Waals surface area (Å²) in [5.41, 5.74) is 0.757. The minimum Gasteiger partial charge on any atom is -0.349 e. The van der Waals surface area contributed by atoms with E-state index in [1.165, 1.54) is 12.1 Å². The van der Waals surface area contributed by atoms with Gasteiger partial charge < -0.3 is 5.32 Å². The Labute approximate surface area is 112 Å². The number of hydrogen-bond donors (Lipinski definition) is 1. The number of alkyl halides is 3. The van der Waals surface area contributed by atoms with Crippen molar-refractivity contribution in [3.05, 3.63) is 41.6 Å². The topological polar surface area (TPSA) is 46.9 Å². The first-order chi connectivity index (χ1) is 9.45. The lowest BCUT2D eigenvalue weighted by Gasteiger charge is -2.13. The number of hydrogen-bond acceptors (Lipinski definition) is 2. The van der Waals surface area contributed by atoms with E-state index in [-0.39, 0.29) is 5.91 Å². The van der Waals surface area contributed by atoms with Gasteiger partial charge in [0.2, 0.25) is 0 Å². The van der Waals surface area contributed by atoms with Crippen LogP contribution in [0.5, 0.6) is 0 Å². The molecule has 0 bridgehead atoms. The summed E-state index contributed by atoms with van der Waals surface area (Å²) < 4.78 is 39.0. The number of halogens is 3. The fourth-order valence-corrected chi connectivity index (χ4v) is 2.11. The molecular formula is C13H10F3N3O. The van der Waals surface area contributed by atoms with Crippen molar-refractivity contribution in [2.45, 2.75) is 12.7 Å². The SMILES string of the molecule is O=C1NCCn2nc(-c3ccc(C(F)(F)F)cc3)cc21. The highest BCUT2D eigenvalue weighted by molar-refractivity contribution is 5.94. The van der Waals surface area contributed by atoms with Gasteiger partial charge in [-0.1, -0.05) is 12.1 Å². The fourth-order valence-electron chi connectivity index (χ4n) is 2.11. The molecule has 1 aromatic heterocycles. The molecule has 2 aromatic rings. The molecule has 0 saturated heterocycles. The van der Waals surface area contributed by atoms with Crippen molar-refractivity contribution in [1.29, 1.82) is 0 Å². The second-order valence-corrected chi connectivity index (χ2v) is 4.47. The van der Waals surface area contributed by atoms with Crippen LogP contribution in [0.4, 0.5) is 13.2 Å². The lowest BCUT2D eigenvalue weighted by atomic mass is 10.1. The van der Waals surface area contributed by atoms with Crippen molar-refractivity contribution in [2.24, 2.45) is 0 Å². The number of rotatable bonds is 1. The van der Waals surface area contributed by atoms with Crippen LogP contribution >= 0.6 is 0 Å². The number of amides is 1. The third kappa shape index (κ3) is 2.15. The van der Waals surface area contributed by atoms with E-state index in [4.69, 9.17) is 0 Å². The van der Waals surface area contributed by atoms with Crippen LogP contribution in [0.2, 0.25) is 0 Å². The molecule has 0 saturated carbocycles. The zero-order valence-electron chi connectivity index (χ0n) is 10.2. The van der Waals surface area contributed by atoms with Crippen molar-refractivity contribution in [1.82, 2.24) is 15.1 Å². The summed E-state index contributed by atoms with van der Waals surface area (Å²) in [5.74, 6) is -0.220. The van der Waals surface area contributed by atoms with Crippen LogP contribution in [0.1, 0.15) is 16.1 Å². The van der Waals surface area contributed by atoms with Crippen molar-refractivity contribution in [3.63, 3.8) is 0 Å². The predicted molar refractivity (Wildman–Crippen MR) is 65.0 cm³/mol. The Morgan fingerprint density at radius 2 is 1.90 bits per heavy atom. The van der Waals surface area contributed by atoms with E-state index in [0.29, 0.717) is 30.0 Å². The molecule has 1 aliphatic rings. The molecule has 1 aromatic carbocycles. The molecule has 3 rings (SSSR count). The number of benzene rings is 1. The molecule has 0 aliphatic carbocycles. The summed E-state index contributed by atoms with van der Waals surface area (Å²) >= 11 is 0. The monoisotopic (exact) mass is 281 g/mol. The van der Waals surface area contributed by atoms with Crippen molar-refractivity contribution >= 4 is 5.91 Å². The molecule has 0 fully saturated rings. The van der Waals surface area contributed by atoms with Crippen LogP contribution in [0.15, 0.2) is 30.3 Å². The zero-order chi connectivity index (χ0) is 14.3. The minimum atomic E-state index is -4.36. The number of nitrogens with zero attached hydrogens (tertiary/aromatic N) is 2. The second kappa shape index (κ2) is 4.36. The zero-order valence-corrected chi connectivity index (χ0v) is 10.2. The van der Waals surface area contributed by atoms with Crippen LogP contribution in [-0.4, -0.2) is 22.2 Å². The number of carbonyl (C=O) groups excluding carboxylic acids is 1. The van der Waals surface area contributed by atoms with Gasteiger partial charge in [0.25, 0.3) is 5.91 Å².